The molecule has 0 heterocycles. The number of hydrogen-bond donors (Lipinski definition) is 0. The van der Waals surface area contributed by atoms with Crippen LogP contribution in [0, 0.1) is 11.8 Å². The summed E-state index contributed by atoms with van der Waals surface area (Å²) in [5.74, 6) is 1.67. The minimum absolute atomic E-state index is 0.417. The summed E-state index contributed by atoms with van der Waals surface area (Å²) in [6.07, 6.45) is 13.7. The Morgan fingerprint density at radius 1 is 1.12 bits per heavy atom. The van der Waals surface area contributed by atoms with Gasteiger partial charge in [0.1, 0.15) is 5.78 Å². The Labute approximate surface area is 107 Å². The number of rotatable bonds is 8. The second-order valence-electron chi connectivity index (χ2n) is 5.69. The van der Waals surface area contributed by atoms with E-state index in [-0.39, 0.29) is 0 Å². The van der Waals surface area contributed by atoms with Gasteiger partial charge in [-0.3, -0.25) is 4.79 Å². The first kappa shape index (κ1) is 14.7. The molecule has 0 amide bonds. The van der Waals surface area contributed by atoms with Gasteiger partial charge < -0.3 is 0 Å². The second-order valence-corrected chi connectivity index (χ2v) is 5.69. The Morgan fingerprint density at radius 2 is 1.88 bits per heavy atom. The zero-order valence-corrected chi connectivity index (χ0v) is 11.8. The van der Waals surface area contributed by atoms with Crippen LogP contribution in [0.5, 0.6) is 0 Å². The van der Waals surface area contributed by atoms with E-state index in [1.807, 2.05) is 0 Å². The van der Waals surface area contributed by atoms with Crippen LogP contribution < -0.4 is 0 Å². The third-order valence-corrected chi connectivity index (χ3v) is 4.37. The summed E-state index contributed by atoms with van der Waals surface area (Å²) in [5.41, 5.74) is 0. The molecule has 0 bridgehead atoms. The maximum Gasteiger partial charge on any atom is 0.136 e. The molecule has 1 aliphatic rings. The van der Waals surface area contributed by atoms with Crippen molar-refractivity contribution in [3.8, 4) is 0 Å². The van der Waals surface area contributed by atoms with Crippen LogP contribution in [0.15, 0.2) is 0 Å². The summed E-state index contributed by atoms with van der Waals surface area (Å²) in [7, 11) is 0. The molecule has 1 aliphatic carbocycles. The normalized spacial score (nSPS) is 22.7. The highest BCUT2D eigenvalue weighted by molar-refractivity contribution is 5.81. The van der Waals surface area contributed by atoms with E-state index in [0.717, 1.165) is 12.8 Å². The number of hydrogen-bond acceptors (Lipinski definition) is 1. The van der Waals surface area contributed by atoms with Crippen molar-refractivity contribution in [2.45, 2.75) is 84.5 Å². The lowest BCUT2D eigenvalue weighted by molar-refractivity contribution is -0.126. The van der Waals surface area contributed by atoms with E-state index in [1.165, 1.54) is 57.8 Å². The van der Waals surface area contributed by atoms with Crippen LogP contribution in [-0.4, -0.2) is 5.78 Å². The van der Waals surface area contributed by atoms with Crippen LogP contribution in [0.3, 0.4) is 0 Å². The average molecular weight is 238 g/mol. The van der Waals surface area contributed by atoms with Gasteiger partial charge in [0.15, 0.2) is 0 Å². The van der Waals surface area contributed by atoms with E-state index in [4.69, 9.17) is 0 Å². The molecule has 0 aromatic carbocycles. The van der Waals surface area contributed by atoms with Gasteiger partial charge in [-0.05, 0) is 25.2 Å². The molecule has 1 nitrogen and oxygen atoms in total. The van der Waals surface area contributed by atoms with Gasteiger partial charge in [-0.1, -0.05) is 58.8 Å². The number of unbranched alkanes of at least 4 members (excludes halogenated alkanes) is 4. The number of carbonyl (C=O) groups is 1. The molecule has 0 spiro atoms. The monoisotopic (exact) mass is 238 g/mol. The molecule has 1 fully saturated rings. The first-order chi connectivity index (χ1) is 8.29. The molecule has 17 heavy (non-hydrogen) atoms. The van der Waals surface area contributed by atoms with E-state index in [9.17, 15) is 4.79 Å². The summed E-state index contributed by atoms with van der Waals surface area (Å²) in [6.45, 7) is 4.52. The zero-order chi connectivity index (χ0) is 12.5. The summed E-state index contributed by atoms with van der Waals surface area (Å²) in [5, 5.41) is 0. The van der Waals surface area contributed by atoms with Gasteiger partial charge in [0, 0.05) is 12.3 Å². The van der Waals surface area contributed by atoms with Crippen molar-refractivity contribution in [1.82, 2.24) is 0 Å². The van der Waals surface area contributed by atoms with Crippen molar-refractivity contribution < 1.29 is 4.79 Å². The molecule has 2 unspecified atom stereocenters. The minimum Gasteiger partial charge on any atom is -0.299 e. The summed E-state index contributed by atoms with van der Waals surface area (Å²) in [4.78, 5) is 11.9. The number of ketones is 1. The molecular weight excluding hydrogens is 208 g/mol. The maximum atomic E-state index is 11.9. The van der Waals surface area contributed by atoms with Crippen molar-refractivity contribution in [2.24, 2.45) is 11.8 Å². The Hall–Kier alpha value is -0.330. The summed E-state index contributed by atoms with van der Waals surface area (Å²) < 4.78 is 0. The molecule has 1 heteroatoms. The molecule has 0 aromatic rings. The molecule has 0 radical (unpaired) electrons. The fourth-order valence-electron chi connectivity index (χ4n) is 3.21. The predicted molar refractivity (Wildman–Crippen MR) is 74.1 cm³/mol. The molecule has 0 saturated heterocycles. The summed E-state index contributed by atoms with van der Waals surface area (Å²) >= 11 is 0. The smallest absolute Gasteiger partial charge is 0.136 e. The lowest BCUT2D eigenvalue weighted by atomic mass is 9.76. The van der Waals surface area contributed by atoms with E-state index in [1.54, 1.807) is 0 Å². The molecule has 100 valence electrons. The molecule has 1 saturated carbocycles. The van der Waals surface area contributed by atoms with Crippen molar-refractivity contribution in [2.75, 3.05) is 0 Å². The fourth-order valence-corrected chi connectivity index (χ4v) is 3.21. The third kappa shape index (κ3) is 5.23. The highest BCUT2D eigenvalue weighted by atomic mass is 16.1. The van der Waals surface area contributed by atoms with Crippen LogP contribution in [-0.2, 0) is 4.79 Å². The molecular formula is C16H30O. The predicted octanol–water partition coefficient (Wildman–Crippen LogP) is 5.13. The number of Topliss-reactive ketones (excluding diaryl/α,β-unsaturated/α-hetero) is 1. The van der Waals surface area contributed by atoms with E-state index < -0.39 is 0 Å². The zero-order valence-electron chi connectivity index (χ0n) is 11.8. The van der Waals surface area contributed by atoms with Crippen molar-refractivity contribution in [3.05, 3.63) is 0 Å². The number of carbonyl (C=O) groups excluding carboxylic acids is 1. The Kier molecular flexibility index (Phi) is 7.55. The van der Waals surface area contributed by atoms with Gasteiger partial charge in [-0.25, -0.2) is 0 Å². The summed E-state index contributed by atoms with van der Waals surface area (Å²) in [6, 6.07) is 0. The van der Waals surface area contributed by atoms with Gasteiger partial charge >= 0.3 is 0 Å². The molecule has 0 aliphatic heterocycles. The second kappa shape index (κ2) is 8.72. The van der Waals surface area contributed by atoms with Gasteiger partial charge in [0.05, 0.1) is 0 Å². The Bertz CT molecular complexity index is 210. The molecule has 0 aromatic heterocycles. The SMILES string of the molecule is CCCCCCCC(CC)C1CCCCC1=O. The van der Waals surface area contributed by atoms with Crippen LogP contribution in [0.25, 0.3) is 0 Å². The van der Waals surface area contributed by atoms with Gasteiger partial charge in [-0.15, -0.1) is 0 Å². The van der Waals surface area contributed by atoms with Gasteiger partial charge in [-0.2, -0.15) is 0 Å². The van der Waals surface area contributed by atoms with Crippen LogP contribution in [0.2, 0.25) is 0 Å². The van der Waals surface area contributed by atoms with Crippen molar-refractivity contribution >= 4 is 5.78 Å². The van der Waals surface area contributed by atoms with Crippen LogP contribution >= 0.6 is 0 Å². The van der Waals surface area contributed by atoms with E-state index in [2.05, 4.69) is 13.8 Å². The Morgan fingerprint density at radius 3 is 2.53 bits per heavy atom. The van der Waals surface area contributed by atoms with Gasteiger partial charge in [0.25, 0.3) is 0 Å². The fraction of sp³-hybridized carbons (Fsp3) is 0.938. The molecule has 1 rings (SSSR count). The first-order valence-corrected chi connectivity index (χ1v) is 7.82. The maximum absolute atomic E-state index is 11.9. The topological polar surface area (TPSA) is 17.1 Å². The third-order valence-electron chi connectivity index (χ3n) is 4.37. The largest absolute Gasteiger partial charge is 0.299 e. The van der Waals surface area contributed by atoms with Crippen LogP contribution in [0.4, 0.5) is 0 Å². The first-order valence-electron chi connectivity index (χ1n) is 7.82. The average Bonchev–Trinajstić information content (AvgIpc) is 2.35. The lowest BCUT2D eigenvalue weighted by Gasteiger charge is -2.28. The molecule has 0 N–H and O–H groups in total. The van der Waals surface area contributed by atoms with Crippen LogP contribution in [0.1, 0.15) is 84.5 Å². The quantitative estimate of drug-likeness (QED) is 0.536. The van der Waals surface area contributed by atoms with E-state index in [0.29, 0.717) is 17.6 Å². The highest BCUT2D eigenvalue weighted by Crippen LogP contribution is 2.32. The lowest BCUT2D eigenvalue weighted by Crippen LogP contribution is -2.26. The Balaban J connectivity index is 2.24. The van der Waals surface area contributed by atoms with E-state index >= 15 is 0 Å². The van der Waals surface area contributed by atoms with Gasteiger partial charge in [0.2, 0.25) is 0 Å². The highest BCUT2D eigenvalue weighted by Gasteiger charge is 2.28. The standard InChI is InChI=1S/C16H30O/c1-3-5-6-7-8-11-14(4-2)15-12-9-10-13-16(15)17/h14-15H,3-13H2,1-2H3. The van der Waals surface area contributed by atoms with Crippen molar-refractivity contribution in [3.63, 3.8) is 0 Å². The molecule has 2 atom stereocenters. The minimum atomic E-state index is 0.417. The van der Waals surface area contributed by atoms with Crippen molar-refractivity contribution in [1.29, 1.82) is 0 Å².